The van der Waals surface area contributed by atoms with Crippen LogP contribution in [-0.4, -0.2) is 92.5 Å². The van der Waals surface area contributed by atoms with Crippen molar-refractivity contribution in [2.45, 2.75) is 102 Å². The third-order valence-electron chi connectivity index (χ3n) is 8.88. The standard InChI is InChI=1S/C42H52O11S/c1-5-6-16-23-46-41-40(50-30(3)44)38(49-29(2)43)37(34(51-41)27-45-24-31-17-10-7-11-18-31)53-42-39(48-26-33-21-14-9-15-22-33)36(35(52-42)28-54-4)47-25-32-19-12-8-13-20-32/h5,7-15,17-22,34-42H,1,6,16,23-28H2,2-4H3/t34-,35-,36+,37-,38+,39-,40+,41+,42-/m1/s1. The van der Waals surface area contributed by atoms with Gasteiger partial charge in [0.05, 0.1) is 39.1 Å². The summed E-state index contributed by atoms with van der Waals surface area (Å²) in [6, 6.07) is 29.4. The third-order valence-corrected chi connectivity index (χ3v) is 9.55. The molecule has 3 aromatic carbocycles. The smallest absolute Gasteiger partial charge is 0.303 e. The quantitative estimate of drug-likeness (QED) is 0.0678. The van der Waals surface area contributed by atoms with Gasteiger partial charge < -0.3 is 42.6 Å². The molecule has 0 spiro atoms. The van der Waals surface area contributed by atoms with Crippen molar-refractivity contribution in [1.82, 2.24) is 0 Å². The minimum atomic E-state index is -1.16. The summed E-state index contributed by atoms with van der Waals surface area (Å²) in [5, 5.41) is 0. The molecule has 0 N–H and O–H groups in total. The second-order valence-electron chi connectivity index (χ2n) is 13.1. The third kappa shape index (κ3) is 12.5. The van der Waals surface area contributed by atoms with Crippen molar-refractivity contribution in [3.8, 4) is 0 Å². The van der Waals surface area contributed by atoms with Gasteiger partial charge in [-0.1, -0.05) is 97.1 Å². The van der Waals surface area contributed by atoms with Gasteiger partial charge in [-0.15, -0.1) is 6.58 Å². The molecule has 2 saturated heterocycles. The van der Waals surface area contributed by atoms with E-state index in [0.717, 1.165) is 16.7 Å². The molecule has 0 aliphatic carbocycles. The summed E-state index contributed by atoms with van der Waals surface area (Å²) in [5.74, 6) is -0.608. The molecular weight excluding hydrogens is 713 g/mol. The first-order valence-corrected chi connectivity index (χ1v) is 19.7. The van der Waals surface area contributed by atoms with Crippen molar-refractivity contribution >= 4 is 23.7 Å². The van der Waals surface area contributed by atoms with E-state index in [-0.39, 0.29) is 26.4 Å². The molecule has 0 saturated carbocycles. The summed E-state index contributed by atoms with van der Waals surface area (Å²) >= 11 is 1.62. The van der Waals surface area contributed by atoms with Gasteiger partial charge in [0.2, 0.25) is 0 Å². The highest BCUT2D eigenvalue weighted by molar-refractivity contribution is 7.98. The fraction of sp³-hybridized carbons (Fsp3) is 0.476. The first-order chi connectivity index (χ1) is 26.4. The lowest BCUT2D eigenvalue weighted by Crippen LogP contribution is -2.63. The molecule has 2 aliphatic heterocycles. The van der Waals surface area contributed by atoms with Crippen molar-refractivity contribution in [3.05, 3.63) is 120 Å². The van der Waals surface area contributed by atoms with Crippen LogP contribution in [0.15, 0.2) is 104 Å². The zero-order valence-electron chi connectivity index (χ0n) is 31.2. The maximum absolute atomic E-state index is 12.7. The lowest BCUT2D eigenvalue weighted by Gasteiger charge is -2.45. The van der Waals surface area contributed by atoms with Crippen molar-refractivity contribution < 1.29 is 52.2 Å². The topological polar surface area (TPSA) is 117 Å². The summed E-state index contributed by atoms with van der Waals surface area (Å²) in [7, 11) is 0. The predicted molar refractivity (Wildman–Crippen MR) is 203 cm³/mol. The molecule has 0 bridgehead atoms. The number of thioether (sulfide) groups is 1. The van der Waals surface area contributed by atoms with E-state index in [1.807, 2.05) is 97.3 Å². The maximum atomic E-state index is 12.7. The molecule has 54 heavy (non-hydrogen) atoms. The van der Waals surface area contributed by atoms with Crippen LogP contribution in [0.2, 0.25) is 0 Å². The van der Waals surface area contributed by atoms with Crippen molar-refractivity contribution in [1.29, 1.82) is 0 Å². The first-order valence-electron chi connectivity index (χ1n) is 18.3. The lowest BCUT2D eigenvalue weighted by molar-refractivity contribution is -0.334. The van der Waals surface area contributed by atoms with Crippen LogP contribution in [0, 0.1) is 0 Å². The SMILES string of the molecule is C=CCCCO[C@H]1O[C@H](COCc2ccccc2)[C@@H](O[C@H]2O[C@H](CSC)[C@H](OCc3ccccc3)[C@H]2OCc2ccccc2)[C@H](OC(C)=O)[C@@H]1OC(C)=O. The van der Waals surface area contributed by atoms with Gasteiger partial charge in [0.25, 0.3) is 0 Å². The summed E-state index contributed by atoms with van der Waals surface area (Å²) < 4.78 is 57.3. The molecule has 0 amide bonds. The fourth-order valence-corrected chi connectivity index (χ4v) is 7.01. The van der Waals surface area contributed by atoms with Crippen LogP contribution in [0.3, 0.4) is 0 Å². The molecule has 292 valence electrons. The Bertz CT molecular complexity index is 1550. The molecule has 0 radical (unpaired) electrons. The maximum Gasteiger partial charge on any atom is 0.303 e. The van der Waals surface area contributed by atoms with Crippen LogP contribution in [-0.2, 0) is 72.0 Å². The number of unbranched alkanes of at least 4 members (excludes halogenated alkanes) is 1. The Labute approximate surface area is 322 Å². The highest BCUT2D eigenvalue weighted by Crippen LogP contribution is 2.36. The van der Waals surface area contributed by atoms with Gasteiger partial charge in [0.1, 0.15) is 24.4 Å². The summed E-state index contributed by atoms with van der Waals surface area (Å²) in [4.78, 5) is 25.3. The largest absolute Gasteiger partial charge is 0.455 e. The molecule has 0 unspecified atom stereocenters. The molecule has 3 aromatic rings. The van der Waals surface area contributed by atoms with E-state index in [1.54, 1.807) is 17.8 Å². The van der Waals surface area contributed by atoms with Crippen LogP contribution in [0.25, 0.3) is 0 Å². The highest BCUT2D eigenvalue weighted by Gasteiger charge is 2.55. The molecule has 5 rings (SSSR count). The molecular formula is C42H52O11S. The molecule has 12 heteroatoms. The van der Waals surface area contributed by atoms with Crippen LogP contribution in [0.1, 0.15) is 43.4 Å². The van der Waals surface area contributed by atoms with Gasteiger partial charge in [-0.05, 0) is 35.8 Å². The number of hydrogen-bond donors (Lipinski definition) is 0. The minimum Gasteiger partial charge on any atom is -0.455 e. The summed E-state index contributed by atoms with van der Waals surface area (Å²) in [6.07, 6.45) is -2.81. The van der Waals surface area contributed by atoms with Crippen molar-refractivity contribution in [2.24, 2.45) is 0 Å². The van der Waals surface area contributed by atoms with Crippen molar-refractivity contribution in [2.75, 3.05) is 25.2 Å². The van der Waals surface area contributed by atoms with E-state index in [2.05, 4.69) is 6.58 Å². The number of esters is 2. The van der Waals surface area contributed by atoms with Gasteiger partial charge in [-0.2, -0.15) is 11.8 Å². The Morgan fingerprint density at radius 3 is 1.76 bits per heavy atom. The molecule has 0 aromatic heterocycles. The molecule has 2 fully saturated rings. The second kappa shape index (κ2) is 22.1. The average molecular weight is 765 g/mol. The Morgan fingerprint density at radius 1 is 0.667 bits per heavy atom. The van der Waals surface area contributed by atoms with Crippen LogP contribution in [0.5, 0.6) is 0 Å². The van der Waals surface area contributed by atoms with Crippen LogP contribution < -0.4 is 0 Å². The average Bonchev–Trinajstić information content (AvgIpc) is 3.50. The van der Waals surface area contributed by atoms with E-state index in [4.69, 9.17) is 42.6 Å². The Morgan fingerprint density at radius 2 is 1.20 bits per heavy atom. The zero-order chi connectivity index (χ0) is 38.1. The normalized spacial score (nSPS) is 26.6. The molecule has 2 aliphatic rings. The number of hydrogen-bond acceptors (Lipinski definition) is 12. The fourth-order valence-electron chi connectivity index (χ4n) is 6.41. The predicted octanol–water partition coefficient (Wildman–Crippen LogP) is 6.42. The highest BCUT2D eigenvalue weighted by atomic mass is 32.2. The Balaban J connectivity index is 1.47. The van der Waals surface area contributed by atoms with Crippen LogP contribution >= 0.6 is 11.8 Å². The number of carbonyl (C=O) groups is 2. The minimum absolute atomic E-state index is 0.0288. The van der Waals surface area contributed by atoms with Gasteiger partial charge in [0, 0.05) is 19.6 Å². The summed E-state index contributed by atoms with van der Waals surface area (Å²) in [6.45, 7) is 7.54. The van der Waals surface area contributed by atoms with Gasteiger partial charge >= 0.3 is 11.9 Å². The summed E-state index contributed by atoms with van der Waals surface area (Å²) in [5.41, 5.74) is 2.93. The number of ether oxygens (including phenoxy) is 9. The van der Waals surface area contributed by atoms with Gasteiger partial charge in [-0.3, -0.25) is 9.59 Å². The van der Waals surface area contributed by atoms with E-state index in [9.17, 15) is 9.59 Å². The van der Waals surface area contributed by atoms with Crippen LogP contribution in [0.4, 0.5) is 0 Å². The second-order valence-corrected chi connectivity index (χ2v) is 14.0. The Kier molecular flexibility index (Phi) is 17.0. The number of benzene rings is 3. The number of allylic oxidation sites excluding steroid dienone is 1. The number of rotatable bonds is 21. The Hall–Kier alpha value is -3.59. The lowest BCUT2D eigenvalue weighted by atomic mass is 9.97. The molecule has 11 nitrogen and oxygen atoms in total. The monoisotopic (exact) mass is 764 g/mol. The van der Waals surface area contributed by atoms with Crippen molar-refractivity contribution in [3.63, 3.8) is 0 Å². The molecule has 2 heterocycles. The van der Waals surface area contributed by atoms with E-state index in [1.165, 1.54) is 13.8 Å². The first kappa shape index (κ1) is 41.6. The van der Waals surface area contributed by atoms with Gasteiger partial charge in [0.15, 0.2) is 24.8 Å². The van der Waals surface area contributed by atoms with Gasteiger partial charge in [-0.25, -0.2) is 0 Å². The number of carbonyl (C=O) groups excluding carboxylic acids is 2. The molecule has 9 atom stereocenters. The van der Waals surface area contributed by atoms with E-state index >= 15 is 0 Å². The van der Waals surface area contributed by atoms with E-state index in [0.29, 0.717) is 25.2 Å². The van der Waals surface area contributed by atoms with E-state index < -0.39 is 67.2 Å². The zero-order valence-corrected chi connectivity index (χ0v) is 32.0.